The van der Waals surface area contributed by atoms with Crippen LogP contribution in [0.1, 0.15) is 59.9 Å². The van der Waals surface area contributed by atoms with Crippen molar-refractivity contribution in [2.75, 3.05) is 7.11 Å². The lowest BCUT2D eigenvalue weighted by Gasteiger charge is -2.25. The molecular formula is C26H40O5S. The normalized spacial score (nSPS) is 23.7. The molecule has 2 rings (SSSR count). The zero-order chi connectivity index (χ0) is 23.9. The lowest BCUT2D eigenvalue weighted by atomic mass is 10.0. The number of hydrogen-bond acceptors (Lipinski definition) is 5. The topological polar surface area (TPSA) is 54.0 Å². The molecule has 1 fully saturated rings. The zero-order valence-corrected chi connectivity index (χ0v) is 21.4. The van der Waals surface area contributed by atoms with Crippen LogP contribution in [-0.2, 0) is 31.6 Å². The summed E-state index contributed by atoms with van der Waals surface area (Å²) in [5.41, 5.74) is 1.06. The fourth-order valence-corrected chi connectivity index (χ4v) is 5.23. The zero-order valence-electron chi connectivity index (χ0n) is 20.6. The number of benzene rings is 1. The Hall–Kier alpha value is -1.47. The molecule has 1 heterocycles. The highest BCUT2D eigenvalue weighted by Gasteiger charge is 2.44. The molecule has 180 valence electrons. The van der Waals surface area contributed by atoms with Gasteiger partial charge in [-0.05, 0) is 65.2 Å². The third kappa shape index (κ3) is 7.84. The van der Waals surface area contributed by atoms with E-state index in [4.69, 9.17) is 18.9 Å². The van der Waals surface area contributed by atoms with Crippen molar-refractivity contribution in [1.29, 1.82) is 0 Å². The maximum absolute atomic E-state index is 12.6. The summed E-state index contributed by atoms with van der Waals surface area (Å²) in [5, 5.41) is 0.0651. The molecule has 5 atom stereocenters. The van der Waals surface area contributed by atoms with Gasteiger partial charge in [0.2, 0.25) is 0 Å². The first kappa shape index (κ1) is 26.8. The van der Waals surface area contributed by atoms with Crippen molar-refractivity contribution in [3.8, 4) is 5.75 Å². The minimum Gasteiger partial charge on any atom is -0.497 e. The van der Waals surface area contributed by atoms with Crippen LogP contribution in [0.15, 0.2) is 49.1 Å². The predicted molar refractivity (Wildman–Crippen MR) is 131 cm³/mol. The average molecular weight is 465 g/mol. The molecule has 5 nitrogen and oxygen atoms in total. The lowest BCUT2D eigenvalue weighted by molar-refractivity contribution is -0.159. The van der Waals surface area contributed by atoms with Crippen LogP contribution in [0.2, 0.25) is 0 Å². The van der Waals surface area contributed by atoms with E-state index >= 15 is 0 Å². The van der Waals surface area contributed by atoms with Gasteiger partial charge in [0.15, 0.2) is 5.79 Å². The lowest BCUT2D eigenvalue weighted by Crippen LogP contribution is -2.36. The second-order valence-electron chi connectivity index (χ2n) is 9.67. The number of rotatable bonds is 11. The first-order valence-electron chi connectivity index (χ1n) is 11.2. The largest absolute Gasteiger partial charge is 0.497 e. The predicted octanol–water partition coefficient (Wildman–Crippen LogP) is 5.56. The van der Waals surface area contributed by atoms with Gasteiger partial charge in [0, 0.05) is 20.8 Å². The second kappa shape index (κ2) is 11.6. The molecule has 1 aromatic rings. The first-order chi connectivity index (χ1) is 15.0. The molecule has 1 aliphatic heterocycles. The van der Waals surface area contributed by atoms with E-state index in [2.05, 4.69) is 12.7 Å². The van der Waals surface area contributed by atoms with Gasteiger partial charge < -0.3 is 18.9 Å². The summed E-state index contributed by atoms with van der Waals surface area (Å²) in [6.07, 6.45) is 6.59. The molecule has 0 aliphatic carbocycles. The smallest absolute Gasteiger partial charge is 0.164 e. The summed E-state index contributed by atoms with van der Waals surface area (Å²) in [5.74, 6) is 0.111. The van der Waals surface area contributed by atoms with E-state index in [-0.39, 0.29) is 28.3 Å². The molecule has 0 spiro atoms. The maximum atomic E-state index is 12.6. The van der Waals surface area contributed by atoms with Gasteiger partial charge in [-0.3, -0.25) is 4.21 Å². The SMILES string of the molecule is C=CC[C@@H](OCc1ccc(OC)cc1)[C@@H]1OC(C)(C)O[C@H]1/C=C\C[C@H](C)S(=O)C(C)(C)C. The Kier molecular flexibility index (Phi) is 9.70. The number of allylic oxidation sites excluding steroid dienone is 1. The van der Waals surface area contributed by atoms with E-state index in [0.717, 1.165) is 17.7 Å². The van der Waals surface area contributed by atoms with E-state index < -0.39 is 16.6 Å². The Morgan fingerprint density at radius 2 is 1.84 bits per heavy atom. The van der Waals surface area contributed by atoms with Gasteiger partial charge in [-0.1, -0.05) is 37.3 Å². The molecule has 0 N–H and O–H groups in total. The summed E-state index contributed by atoms with van der Waals surface area (Å²) in [7, 11) is 0.735. The van der Waals surface area contributed by atoms with Crippen LogP contribution in [0.5, 0.6) is 5.75 Å². The Balaban J connectivity index is 2.07. The fourth-order valence-electron chi connectivity index (χ4n) is 3.74. The summed E-state index contributed by atoms with van der Waals surface area (Å²) >= 11 is 0. The summed E-state index contributed by atoms with van der Waals surface area (Å²) in [6, 6.07) is 7.84. The van der Waals surface area contributed by atoms with Crippen molar-refractivity contribution in [2.24, 2.45) is 0 Å². The molecule has 32 heavy (non-hydrogen) atoms. The van der Waals surface area contributed by atoms with Crippen molar-refractivity contribution in [2.45, 2.75) is 95.1 Å². The van der Waals surface area contributed by atoms with Crippen molar-refractivity contribution in [3.05, 3.63) is 54.6 Å². The van der Waals surface area contributed by atoms with Crippen molar-refractivity contribution in [1.82, 2.24) is 0 Å². The van der Waals surface area contributed by atoms with Crippen molar-refractivity contribution in [3.63, 3.8) is 0 Å². The van der Waals surface area contributed by atoms with E-state index in [1.807, 2.05) is 78.0 Å². The van der Waals surface area contributed by atoms with Gasteiger partial charge in [0.05, 0.1) is 19.8 Å². The molecule has 0 aromatic heterocycles. The Morgan fingerprint density at radius 3 is 2.41 bits per heavy atom. The highest BCUT2D eigenvalue weighted by molar-refractivity contribution is 7.87. The van der Waals surface area contributed by atoms with Crippen molar-refractivity contribution >= 4 is 10.8 Å². The Bertz CT molecular complexity index is 778. The van der Waals surface area contributed by atoms with Crippen LogP contribution in [0.4, 0.5) is 0 Å². The molecule has 0 bridgehead atoms. The van der Waals surface area contributed by atoms with Crippen LogP contribution in [-0.4, -0.2) is 45.4 Å². The van der Waals surface area contributed by atoms with Gasteiger partial charge in [-0.2, -0.15) is 0 Å². The Morgan fingerprint density at radius 1 is 1.19 bits per heavy atom. The molecule has 1 unspecified atom stereocenters. The molecular weight excluding hydrogens is 424 g/mol. The molecule has 1 saturated heterocycles. The highest BCUT2D eigenvalue weighted by Crippen LogP contribution is 2.33. The van der Waals surface area contributed by atoms with Gasteiger partial charge in [0.1, 0.15) is 18.0 Å². The van der Waals surface area contributed by atoms with Gasteiger partial charge >= 0.3 is 0 Å². The quantitative estimate of drug-likeness (QED) is 0.401. The standard InChI is InChI=1S/C26H40O5S/c1-9-11-22(29-18-20-14-16-21(28-8)17-15-20)24-23(30-26(6,7)31-24)13-10-12-19(2)32(27)25(3,4)5/h9-10,13-17,19,22-24H,1,11-12,18H2,2-8H3/b13-10-/t19-,22+,23-,24-,32?/m0/s1. The molecule has 0 saturated carbocycles. The highest BCUT2D eigenvalue weighted by atomic mass is 32.2. The number of hydrogen-bond donors (Lipinski definition) is 0. The van der Waals surface area contributed by atoms with Crippen LogP contribution in [0.3, 0.4) is 0 Å². The van der Waals surface area contributed by atoms with Crippen LogP contribution < -0.4 is 4.74 Å². The van der Waals surface area contributed by atoms with Crippen LogP contribution in [0.25, 0.3) is 0 Å². The minimum absolute atomic E-state index is 0.0651. The number of methoxy groups -OCH3 is 1. The summed E-state index contributed by atoms with van der Waals surface area (Å²) < 4.78 is 36.2. The van der Waals surface area contributed by atoms with Crippen molar-refractivity contribution < 1.29 is 23.2 Å². The summed E-state index contributed by atoms with van der Waals surface area (Å²) in [4.78, 5) is 0. The first-order valence-corrected chi connectivity index (χ1v) is 12.5. The third-order valence-electron chi connectivity index (χ3n) is 5.31. The monoisotopic (exact) mass is 464 g/mol. The minimum atomic E-state index is -0.918. The fraction of sp³-hybridized carbons (Fsp3) is 0.615. The summed E-state index contributed by atoms with van der Waals surface area (Å²) in [6.45, 7) is 16.2. The van der Waals surface area contributed by atoms with E-state index in [0.29, 0.717) is 13.0 Å². The average Bonchev–Trinajstić information content (AvgIpc) is 3.04. The maximum Gasteiger partial charge on any atom is 0.164 e. The van der Waals surface area contributed by atoms with Crippen LogP contribution >= 0.6 is 0 Å². The Labute approximate surface area is 196 Å². The number of ether oxygens (including phenoxy) is 4. The second-order valence-corrected chi connectivity index (χ2v) is 12.3. The van der Waals surface area contributed by atoms with Gasteiger partial charge in [-0.15, -0.1) is 6.58 Å². The molecule has 0 radical (unpaired) electrons. The van der Waals surface area contributed by atoms with E-state index in [1.54, 1.807) is 7.11 Å². The third-order valence-corrected chi connectivity index (χ3v) is 7.45. The molecule has 1 aliphatic rings. The van der Waals surface area contributed by atoms with Gasteiger partial charge in [0.25, 0.3) is 0 Å². The molecule has 0 amide bonds. The van der Waals surface area contributed by atoms with E-state index in [1.165, 1.54) is 0 Å². The molecule has 1 aromatic carbocycles. The van der Waals surface area contributed by atoms with Gasteiger partial charge in [-0.25, -0.2) is 0 Å². The molecule has 6 heteroatoms. The van der Waals surface area contributed by atoms with Crippen LogP contribution in [0, 0.1) is 0 Å². The van der Waals surface area contributed by atoms with E-state index in [9.17, 15) is 4.21 Å².